The van der Waals surface area contributed by atoms with Crippen LogP contribution in [0.2, 0.25) is 5.02 Å². The number of hydrogen-bond acceptors (Lipinski definition) is 1. The molecule has 0 N–H and O–H groups in total. The van der Waals surface area contributed by atoms with Gasteiger partial charge in [-0.05, 0) is 54.2 Å². The Balaban J connectivity index is 1.74. The van der Waals surface area contributed by atoms with Crippen molar-refractivity contribution >= 4 is 17.4 Å². The van der Waals surface area contributed by atoms with Crippen LogP contribution in [0.3, 0.4) is 0 Å². The fourth-order valence-corrected chi connectivity index (χ4v) is 3.18. The molecule has 0 saturated heterocycles. The molecule has 2 aromatic rings. The van der Waals surface area contributed by atoms with Crippen molar-refractivity contribution in [1.29, 1.82) is 0 Å². The zero-order valence-electron chi connectivity index (χ0n) is 11.6. The summed E-state index contributed by atoms with van der Waals surface area (Å²) in [5.74, 6) is -0.270. The highest BCUT2D eigenvalue weighted by atomic mass is 35.5. The van der Waals surface area contributed by atoms with Gasteiger partial charge in [-0.2, -0.15) is 0 Å². The number of fused-ring (bicyclic) bond motifs is 1. The van der Waals surface area contributed by atoms with Gasteiger partial charge in [0.05, 0.1) is 0 Å². The lowest BCUT2D eigenvalue weighted by molar-refractivity contribution is -0.122. The van der Waals surface area contributed by atoms with Crippen LogP contribution in [0.15, 0.2) is 42.5 Å². The molecule has 3 rings (SSSR count). The summed E-state index contributed by atoms with van der Waals surface area (Å²) in [5.41, 5.74) is 2.97. The molecular weight excluding hydrogens is 287 g/mol. The Morgan fingerprint density at radius 2 is 1.95 bits per heavy atom. The van der Waals surface area contributed by atoms with Crippen molar-refractivity contribution in [3.8, 4) is 0 Å². The first-order valence-corrected chi connectivity index (χ1v) is 7.54. The van der Waals surface area contributed by atoms with Crippen molar-refractivity contribution in [1.82, 2.24) is 0 Å². The minimum absolute atomic E-state index is 0.0155. The van der Waals surface area contributed by atoms with E-state index >= 15 is 0 Å². The number of Topliss-reactive ketones (excluding diaryl/α,β-unsaturated/α-hetero) is 1. The minimum Gasteiger partial charge on any atom is -0.299 e. The number of ketones is 1. The zero-order valence-corrected chi connectivity index (χ0v) is 12.4. The van der Waals surface area contributed by atoms with Gasteiger partial charge in [-0.25, -0.2) is 4.39 Å². The summed E-state index contributed by atoms with van der Waals surface area (Å²) in [6, 6.07) is 12.6. The van der Waals surface area contributed by atoms with Crippen molar-refractivity contribution in [2.45, 2.75) is 25.7 Å². The summed E-state index contributed by atoms with van der Waals surface area (Å²) in [7, 11) is 0. The predicted molar refractivity (Wildman–Crippen MR) is 82.1 cm³/mol. The van der Waals surface area contributed by atoms with Crippen LogP contribution < -0.4 is 0 Å². The minimum atomic E-state index is -0.357. The fraction of sp³-hybridized carbons (Fsp3) is 0.278. The van der Waals surface area contributed by atoms with Crippen LogP contribution >= 0.6 is 11.6 Å². The Labute approximate surface area is 128 Å². The van der Waals surface area contributed by atoms with Gasteiger partial charge in [-0.3, -0.25) is 4.79 Å². The van der Waals surface area contributed by atoms with Gasteiger partial charge in [-0.15, -0.1) is 0 Å². The summed E-state index contributed by atoms with van der Waals surface area (Å²) < 4.78 is 13.7. The monoisotopic (exact) mass is 302 g/mol. The van der Waals surface area contributed by atoms with E-state index in [1.807, 2.05) is 12.1 Å². The van der Waals surface area contributed by atoms with E-state index in [-0.39, 0.29) is 23.9 Å². The smallest absolute Gasteiger partial charge is 0.140 e. The van der Waals surface area contributed by atoms with Crippen molar-refractivity contribution < 1.29 is 9.18 Å². The van der Waals surface area contributed by atoms with Crippen LogP contribution in [0.1, 0.15) is 23.1 Å². The normalized spacial score (nSPS) is 17.3. The lowest BCUT2D eigenvalue weighted by Crippen LogP contribution is -2.24. The molecule has 0 radical (unpaired) electrons. The second-order valence-corrected chi connectivity index (χ2v) is 6.02. The van der Waals surface area contributed by atoms with Gasteiger partial charge in [0.25, 0.3) is 0 Å². The quantitative estimate of drug-likeness (QED) is 0.821. The van der Waals surface area contributed by atoms with E-state index in [9.17, 15) is 9.18 Å². The van der Waals surface area contributed by atoms with E-state index in [0.29, 0.717) is 10.6 Å². The maximum absolute atomic E-state index is 13.7. The average Bonchev–Trinajstić information content (AvgIpc) is 2.50. The van der Waals surface area contributed by atoms with Gasteiger partial charge < -0.3 is 0 Å². The number of rotatable bonds is 3. The second kappa shape index (κ2) is 5.98. The van der Waals surface area contributed by atoms with E-state index in [0.717, 1.165) is 19.3 Å². The fourth-order valence-electron chi connectivity index (χ4n) is 2.98. The molecule has 0 spiro atoms. The van der Waals surface area contributed by atoms with Crippen LogP contribution in [-0.2, 0) is 24.1 Å². The van der Waals surface area contributed by atoms with Crippen LogP contribution in [0, 0.1) is 11.7 Å². The molecular formula is C18H16ClFO. The number of hydrogen-bond donors (Lipinski definition) is 0. The molecule has 1 aliphatic rings. The largest absolute Gasteiger partial charge is 0.299 e. The number of carbonyl (C=O) groups is 1. The van der Waals surface area contributed by atoms with Gasteiger partial charge >= 0.3 is 0 Å². The Morgan fingerprint density at radius 1 is 1.19 bits per heavy atom. The summed E-state index contributed by atoms with van der Waals surface area (Å²) in [4.78, 5) is 12.4. The van der Waals surface area contributed by atoms with E-state index in [4.69, 9.17) is 11.6 Å². The SMILES string of the molecule is O=C(Cc1cc(Cl)ccc1F)C1CCc2ccccc2C1. The second-order valence-electron chi connectivity index (χ2n) is 5.59. The first-order chi connectivity index (χ1) is 10.1. The highest BCUT2D eigenvalue weighted by Gasteiger charge is 2.25. The summed E-state index contributed by atoms with van der Waals surface area (Å²) >= 11 is 5.88. The van der Waals surface area contributed by atoms with Crippen LogP contribution in [0.5, 0.6) is 0 Å². The highest BCUT2D eigenvalue weighted by Crippen LogP contribution is 2.27. The summed E-state index contributed by atoms with van der Waals surface area (Å²) in [6.07, 6.45) is 2.65. The molecule has 1 atom stereocenters. The molecule has 1 aliphatic carbocycles. The van der Waals surface area contributed by atoms with Crippen molar-refractivity contribution in [3.63, 3.8) is 0 Å². The molecule has 3 heteroatoms. The third-order valence-corrected chi connectivity index (χ3v) is 4.41. The first-order valence-electron chi connectivity index (χ1n) is 7.17. The van der Waals surface area contributed by atoms with E-state index in [1.165, 1.54) is 23.3 Å². The molecule has 0 fully saturated rings. The van der Waals surface area contributed by atoms with Gasteiger partial charge in [0.15, 0.2) is 0 Å². The van der Waals surface area contributed by atoms with Crippen molar-refractivity contribution in [2.24, 2.45) is 5.92 Å². The number of aryl methyl sites for hydroxylation is 1. The van der Waals surface area contributed by atoms with E-state index < -0.39 is 0 Å². The Morgan fingerprint density at radius 3 is 2.76 bits per heavy atom. The molecule has 0 bridgehead atoms. The molecule has 21 heavy (non-hydrogen) atoms. The molecule has 0 aliphatic heterocycles. The van der Waals surface area contributed by atoms with Crippen LogP contribution in [-0.4, -0.2) is 5.78 Å². The summed E-state index contributed by atoms with van der Waals surface area (Å²) in [6.45, 7) is 0. The summed E-state index contributed by atoms with van der Waals surface area (Å²) in [5, 5.41) is 0.466. The predicted octanol–water partition coefficient (Wildman–Crippen LogP) is 4.40. The first kappa shape index (κ1) is 14.3. The molecule has 108 valence electrons. The third-order valence-electron chi connectivity index (χ3n) is 4.17. The maximum atomic E-state index is 13.7. The Hall–Kier alpha value is -1.67. The molecule has 1 unspecified atom stereocenters. The lowest BCUT2D eigenvalue weighted by Gasteiger charge is -2.23. The van der Waals surface area contributed by atoms with Crippen LogP contribution in [0.4, 0.5) is 4.39 Å². The number of carbonyl (C=O) groups excluding carboxylic acids is 1. The molecule has 2 aromatic carbocycles. The van der Waals surface area contributed by atoms with Gasteiger partial charge in [-0.1, -0.05) is 35.9 Å². The molecule has 0 aromatic heterocycles. The molecule has 1 nitrogen and oxygen atoms in total. The lowest BCUT2D eigenvalue weighted by atomic mass is 9.80. The van der Waals surface area contributed by atoms with E-state index in [2.05, 4.69) is 12.1 Å². The van der Waals surface area contributed by atoms with Crippen molar-refractivity contribution in [2.75, 3.05) is 0 Å². The van der Waals surface area contributed by atoms with Gasteiger partial charge in [0, 0.05) is 17.4 Å². The molecule has 0 heterocycles. The van der Waals surface area contributed by atoms with Crippen molar-refractivity contribution in [3.05, 3.63) is 70.0 Å². The van der Waals surface area contributed by atoms with Crippen LogP contribution in [0.25, 0.3) is 0 Å². The third kappa shape index (κ3) is 3.16. The highest BCUT2D eigenvalue weighted by molar-refractivity contribution is 6.30. The number of halogens is 2. The topological polar surface area (TPSA) is 17.1 Å². The zero-order chi connectivity index (χ0) is 14.8. The van der Waals surface area contributed by atoms with E-state index in [1.54, 1.807) is 6.07 Å². The van der Waals surface area contributed by atoms with Gasteiger partial charge in [0.2, 0.25) is 0 Å². The maximum Gasteiger partial charge on any atom is 0.140 e. The molecule has 0 amide bonds. The molecule has 0 saturated carbocycles. The standard InChI is InChI=1S/C18H16ClFO/c19-16-7-8-17(20)15(10-16)11-18(21)14-6-5-12-3-1-2-4-13(12)9-14/h1-4,7-8,10,14H,5-6,9,11H2. The van der Waals surface area contributed by atoms with Gasteiger partial charge in [0.1, 0.15) is 11.6 Å². The number of benzene rings is 2. The Bertz CT molecular complexity index is 681. The Kier molecular flexibility index (Phi) is 4.07. The average molecular weight is 303 g/mol.